The smallest absolute Gasteiger partial charge is 0.223 e. The van der Waals surface area contributed by atoms with Crippen molar-refractivity contribution in [3.8, 4) is 0 Å². The SMILES string of the molecule is Cc1cccc(Nc2ccc(N3CCN(C(=O)CC45CC6CC(CC(C6)C4)C5)CC3)nn2)n1. The maximum absolute atomic E-state index is 13.2. The summed E-state index contributed by atoms with van der Waals surface area (Å²) in [5.74, 6) is 5.40. The lowest BCUT2D eigenvalue weighted by molar-refractivity contribution is -0.139. The van der Waals surface area contributed by atoms with Crippen LogP contribution in [0.5, 0.6) is 0 Å². The second kappa shape index (κ2) is 8.26. The Hall–Kier alpha value is -2.70. The maximum Gasteiger partial charge on any atom is 0.223 e. The van der Waals surface area contributed by atoms with Crippen molar-refractivity contribution >= 4 is 23.4 Å². The fourth-order valence-electron chi connectivity index (χ4n) is 7.43. The predicted molar refractivity (Wildman–Crippen MR) is 128 cm³/mol. The predicted octanol–water partition coefficient (Wildman–Crippen LogP) is 4.18. The lowest BCUT2D eigenvalue weighted by atomic mass is 9.49. The molecule has 1 N–H and O–H groups in total. The molecule has 0 radical (unpaired) electrons. The third-order valence-corrected chi connectivity index (χ3v) is 8.44. The lowest BCUT2D eigenvalue weighted by Crippen LogP contribution is -2.52. The third kappa shape index (κ3) is 4.30. The summed E-state index contributed by atoms with van der Waals surface area (Å²) in [6.45, 7) is 5.15. The largest absolute Gasteiger partial charge is 0.352 e. The van der Waals surface area contributed by atoms with Crippen molar-refractivity contribution in [2.45, 2.75) is 51.9 Å². The van der Waals surface area contributed by atoms with Crippen molar-refractivity contribution in [3.05, 3.63) is 36.0 Å². The first-order chi connectivity index (χ1) is 16.0. The van der Waals surface area contributed by atoms with E-state index in [1.54, 1.807) is 0 Å². The van der Waals surface area contributed by atoms with Gasteiger partial charge in [-0.3, -0.25) is 4.79 Å². The molecule has 1 saturated heterocycles. The van der Waals surface area contributed by atoms with E-state index in [9.17, 15) is 4.79 Å². The van der Waals surface area contributed by atoms with Crippen LogP contribution in [-0.4, -0.2) is 52.2 Å². The Morgan fingerprint density at radius 3 is 2.24 bits per heavy atom. The molecule has 1 aliphatic heterocycles. The van der Waals surface area contributed by atoms with E-state index in [4.69, 9.17) is 0 Å². The van der Waals surface area contributed by atoms with Crippen LogP contribution in [0.25, 0.3) is 0 Å². The second-order valence-corrected chi connectivity index (χ2v) is 11.0. The first-order valence-corrected chi connectivity index (χ1v) is 12.6. The van der Waals surface area contributed by atoms with Gasteiger partial charge < -0.3 is 15.1 Å². The van der Waals surface area contributed by atoms with Crippen LogP contribution >= 0.6 is 0 Å². The Bertz CT molecular complexity index is 978. The van der Waals surface area contributed by atoms with Crippen molar-refractivity contribution in [1.29, 1.82) is 0 Å². The Balaban J connectivity index is 1.03. The molecule has 7 heteroatoms. The van der Waals surface area contributed by atoms with Crippen molar-refractivity contribution in [1.82, 2.24) is 20.1 Å². The highest BCUT2D eigenvalue weighted by molar-refractivity contribution is 5.77. The molecule has 0 unspecified atom stereocenters. The number of amides is 1. The summed E-state index contributed by atoms with van der Waals surface area (Å²) < 4.78 is 0. The quantitative estimate of drug-likeness (QED) is 0.743. The van der Waals surface area contributed by atoms with Crippen LogP contribution in [0.15, 0.2) is 30.3 Å². The highest BCUT2D eigenvalue weighted by Gasteiger charge is 2.51. The van der Waals surface area contributed by atoms with Gasteiger partial charge in [-0.1, -0.05) is 6.07 Å². The maximum atomic E-state index is 13.2. The molecule has 0 atom stereocenters. The van der Waals surface area contributed by atoms with Gasteiger partial charge in [-0.2, -0.15) is 0 Å². The molecule has 4 saturated carbocycles. The molecule has 33 heavy (non-hydrogen) atoms. The average Bonchev–Trinajstić information content (AvgIpc) is 2.78. The zero-order valence-corrected chi connectivity index (χ0v) is 19.5. The Morgan fingerprint density at radius 2 is 1.64 bits per heavy atom. The second-order valence-electron chi connectivity index (χ2n) is 11.0. The van der Waals surface area contributed by atoms with Gasteiger partial charge in [0.05, 0.1) is 0 Å². The van der Waals surface area contributed by atoms with Crippen LogP contribution in [0.1, 0.15) is 50.6 Å². The molecule has 7 rings (SSSR count). The van der Waals surface area contributed by atoms with Gasteiger partial charge in [0.25, 0.3) is 0 Å². The summed E-state index contributed by atoms with van der Waals surface area (Å²) >= 11 is 0. The van der Waals surface area contributed by atoms with E-state index in [-0.39, 0.29) is 0 Å². The van der Waals surface area contributed by atoms with Gasteiger partial charge in [0.2, 0.25) is 5.91 Å². The van der Waals surface area contributed by atoms with Crippen LogP contribution in [0.4, 0.5) is 17.5 Å². The lowest BCUT2D eigenvalue weighted by Gasteiger charge is -2.57. The Labute approximate surface area is 196 Å². The van der Waals surface area contributed by atoms with E-state index in [1.165, 1.54) is 38.5 Å². The van der Waals surface area contributed by atoms with Crippen molar-refractivity contribution < 1.29 is 4.79 Å². The normalized spacial score (nSPS) is 30.5. The third-order valence-electron chi connectivity index (χ3n) is 8.44. The van der Waals surface area contributed by atoms with Gasteiger partial charge in [0.1, 0.15) is 5.82 Å². The summed E-state index contributed by atoms with van der Waals surface area (Å²) in [5, 5.41) is 12.0. The number of hydrogen-bond acceptors (Lipinski definition) is 6. The minimum absolute atomic E-state index is 0.323. The summed E-state index contributed by atoms with van der Waals surface area (Å²) in [7, 11) is 0. The number of carbonyl (C=O) groups excluding carboxylic acids is 1. The van der Waals surface area contributed by atoms with Crippen molar-refractivity contribution in [2.75, 3.05) is 36.4 Å². The topological polar surface area (TPSA) is 74.2 Å². The van der Waals surface area contributed by atoms with Gasteiger partial charge in [-0.15, -0.1) is 10.2 Å². The number of carbonyl (C=O) groups is 1. The molecule has 174 valence electrons. The Kier molecular flexibility index (Phi) is 5.23. The monoisotopic (exact) mass is 446 g/mol. The molecule has 3 heterocycles. The first-order valence-electron chi connectivity index (χ1n) is 12.6. The molecule has 5 aliphatic rings. The Morgan fingerprint density at radius 1 is 0.939 bits per heavy atom. The van der Waals surface area contributed by atoms with Gasteiger partial charge >= 0.3 is 0 Å². The molecular weight excluding hydrogens is 412 g/mol. The molecule has 4 bridgehead atoms. The van der Waals surface area contributed by atoms with Crippen molar-refractivity contribution in [3.63, 3.8) is 0 Å². The number of nitrogens with zero attached hydrogens (tertiary/aromatic N) is 5. The standard InChI is InChI=1S/C26H34N6O/c1-18-3-2-4-22(27-18)28-23-5-6-24(30-29-23)31-7-9-32(10-8-31)25(33)17-26-14-19-11-20(15-26)13-21(12-19)16-26/h2-6,19-21H,7-17H2,1H3,(H,27,28,29). The number of piperazine rings is 1. The number of aromatic nitrogens is 3. The first kappa shape index (κ1) is 20.9. The summed E-state index contributed by atoms with van der Waals surface area (Å²) in [6.07, 6.45) is 8.99. The fraction of sp³-hybridized carbons (Fsp3) is 0.615. The zero-order valence-electron chi connectivity index (χ0n) is 19.5. The van der Waals surface area contributed by atoms with E-state index in [2.05, 4.69) is 30.3 Å². The van der Waals surface area contributed by atoms with Crippen LogP contribution in [0, 0.1) is 30.1 Å². The van der Waals surface area contributed by atoms with E-state index in [1.807, 2.05) is 37.3 Å². The minimum atomic E-state index is 0.323. The molecule has 4 aliphatic carbocycles. The molecule has 7 nitrogen and oxygen atoms in total. The molecule has 2 aromatic heterocycles. The molecule has 0 spiro atoms. The zero-order chi connectivity index (χ0) is 22.4. The number of rotatable bonds is 5. The van der Waals surface area contributed by atoms with Crippen LogP contribution in [0.3, 0.4) is 0 Å². The van der Waals surface area contributed by atoms with E-state index >= 15 is 0 Å². The highest BCUT2D eigenvalue weighted by atomic mass is 16.2. The van der Waals surface area contributed by atoms with Crippen LogP contribution in [-0.2, 0) is 4.79 Å². The van der Waals surface area contributed by atoms with Crippen LogP contribution in [0.2, 0.25) is 0 Å². The summed E-state index contributed by atoms with van der Waals surface area (Å²) in [6, 6.07) is 9.79. The number of hydrogen-bond donors (Lipinski definition) is 1. The number of aryl methyl sites for hydroxylation is 1. The molecule has 1 amide bonds. The van der Waals surface area contributed by atoms with Crippen molar-refractivity contribution in [2.24, 2.45) is 23.2 Å². The summed E-state index contributed by atoms with van der Waals surface area (Å²) in [4.78, 5) is 22.0. The van der Waals surface area contributed by atoms with Gasteiger partial charge in [0, 0.05) is 38.3 Å². The molecule has 0 aromatic carbocycles. The van der Waals surface area contributed by atoms with Gasteiger partial charge in [0.15, 0.2) is 11.6 Å². The van der Waals surface area contributed by atoms with E-state index < -0.39 is 0 Å². The van der Waals surface area contributed by atoms with E-state index in [0.29, 0.717) is 17.1 Å². The average molecular weight is 447 g/mol. The van der Waals surface area contributed by atoms with Gasteiger partial charge in [-0.05, 0) is 92.9 Å². The van der Waals surface area contributed by atoms with E-state index in [0.717, 1.165) is 67.7 Å². The molecule has 2 aromatic rings. The molecular formula is C26H34N6O. The number of pyridine rings is 1. The minimum Gasteiger partial charge on any atom is -0.352 e. The highest BCUT2D eigenvalue weighted by Crippen LogP contribution is 2.61. The fourth-order valence-corrected chi connectivity index (χ4v) is 7.43. The number of nitrogens with one attached hydrogen (secondary N) is 1. The molecule has 5 fully saturated rings. The summed E-state index contributed by atoms with van der Waals surface area (Å²) in [5.41, 5.74) is 1.28. The van der Waals surface area contributed by atoms with Crippen LogP contribution < -0.4 is 10.2 Å². The van der Waals surface area contributed by atoms with Gasteiger partial charge in [-0.25, -0.2) is 4.98 Å². The number of anilines is 3.